The van der Waals surface area contributed by atoms with Gasteiger partial charge in [0.25, 0.3) is 5.91 Å². The van der Waals surface area contributed by atoms with Crippen LogP contribution in [0.25, 0.3) is 0 Å². The molecule has 3 nitrogen and oxygen atoms in total. The molecule has 1 amide bonds. The van der Waals surface area contributed by atoms with Crippen molar-refractivity contribution in [1.82, 2.24) is 4.90 Å². The molecule has 1 N–H and O–H groups in total. The molecule has 0 saturated carbocycles. The van der Waals surface area contributed by atoms with Gasteiger partial charge in [0.2, 0.25) is 0 Å². The molecule has 1 aromatic carbocycles. The summed E-state index contributed by atoms with van der Waals surface area (Å²) in [7, 11) is 0. The number of hydrogen-bond donors (Lipinski definition) is 1. The van der Waals surface area contributed by atoms with Gasteiger partial charge in [-0.15, -0.1) is 0 Å². The van der Waals surface area contributed by atoms with E-state index in [0.29, 0.717) is 38.1 Å². The smallest absolute Gasteiger partial charge is 0.256 e. The normalized spacial score (nSPS) is 17.9. The van der Waals surface area contributed by atoms with Crippen LogP contribution < -0.4 is 0 Å². The number of benzene rings is 1. The number of rotatable bonds is 3. The number of amides is 1. The number of halogens is 3. The Bertz CT molecular complexity index is 534. The fraction of sp³-hybridized carbons (Fsp3) is 0.533. The lowest BCUT2D eigenvalue weighted by atomic mass is 9.77. The van der Waals surface area contributed by atoms with Crippen molar-refractivity contribution in [3.8, 4) is 0 Å². The lowest BCUT2D eigenvalue weighted by Gasteiger charge is -2.40. The van der Waals surface area contributed by atoms with Gasteiger partial charge < -0.3 is 10.0 Å². The molecule has 1 aliphatic rings. The molecule has 1 aliphatic heterocycles. The van der Waals surface area contributed by atoms with E-state index in [1.54, 1.807) is 0 Å². The van der Waals surface area contributed by atoms with Crippen LogP contribution in [0.2, 0.25) is 0 Å². The first-order valence-electron chi connectivity index (χ1n) is 6.97. The minimum Gasteiger partial charge on any atom is -0.396 e. The van der Waals surface area contributed by atoms with Gasteiger partial charge in [0.15, 0.2) is 11.6 Å². The minimum atomic E-state index is -1.31. The predicted molar refractivity (Wildman–Crippen MR) is 71.3 cm³/mol. The lowest BCUT2D eigenvalue weighted by Crippen LogP contribution is -2.44. The molecule has 1 heterocycles. The molecule has 0 spiro atoms. The molecule has 0 atom stereocenters. The van der Waals surface area contributed by atoms with E-state index in [1.165, 1.54) is 4.90 Å². The number of hydrogen-bond acceptors (Lipinski definition) is 2. The van der Waals surface area contributed by atoms with Crippen LogP contribution in [0.5, 0.6) is 0 Å². The molecule has 1 saturated heterocycles. The van der Waals surface area contributed by atoms with Gasteiger partial charge >= 0.3 is 0 Å². The number of aliphatic hydroxyl groups is 1. The molecule has 0 radical (unpaired) electrons. The third kappa shape index (κ3) is 3.05. The van der Waals surface area contributed by atoms with Crippen LogP contribution in [0.15, 0.2) is 12.1 Å². The number of carbonyl (C=O) groups excluding carboxylic acids is 1. The summed E-state index contributed by atoms with van der Waals surface area (Å²) in [6.45, 7) is 2.76. The SMILES string of the molecule is CCC1(CO)CCN(C(=O)c2cc(F)c(F)cc2F)CC1. The summed E-state index contributed by atoms with van der Waals surface area (Å²) in [4.78, 5) is 13.6. The highest BCUT2D eigenvalue weighted by Gasteiger charge is 2.34. The number of likely N-dealkylation sites (tertiary alicyclic amines) is 1. The van der Waals surface area contributed by atoms with Crippen LogP contribution in [0.3, 0.4) is 0 Å². The van der Waals surface area contributed by atoms with Gasteiger partial charge in [-0.05, 0) is 30.7 Å². The van der Waals surface area contributed by atoms with Gasteiger partial charge in [0, 0.05) is 25.8 Å². The average Bonchev–Trinajstić information content (AvgIpc) is 2.50. The first kappa shape index (κ1) is 15.8. The summed E-state index contributed by atoms with van der Waals surface area (Å²) in [5.41, 5.74) is -0.662. The molecule has 2 rings (SSSR count). The zero-order valence-electron chi connectivity index (χ0n) is 11.8. The van der Waals surface area contributed by atoms with E-state index in [0.717, 1.165) is 6.42 Å². The topological polar surface area (TPSA) is 40.5 Å². The average molecular weight is 301 g/mol. The Morgan fingerprint density at radius 2 is 1.76 bits per heavy atom. The van der Waals surface area contributed by atoms with Crippen molar-refractivity contribution >= 4 is 5.91 Å². The maximum absolute atomic E-state index is 13.6. The molecule has 0 bridgehead atoms. The summed E-state index contributed by atoms with van der Waals surface area (Å²) in [6.07, 6.45) is 2.01. The van der Waals surface area contributed by atoms with E-state index in [1.807, 2.05) is 6.92 Å². The molecule has 0 aromatic heterocycles. The first-order valence-corrected chi connectivity index (χ1v) is 6.97. The van der Waals surface area contributed by atoms with Crippen molar-refractivity contribution in [1.29, 1.82) is 0 Å². The zero-order chi connectivity index (χ0) is 15.6. The van der Waals surface area contributed by atoms with Crippen LogP contribution in [-0.2, 0) is 0 Å². The van der Waals surface area contributed by atoms with Crippen LogP contribution in [0, 0.1) is 22.9 Å². The third-order valence-corrected chi connectivity index (χ3v) is 4.44. The Morgan fingerprint density at radius 3 is 2.29 bits per heavy atom. The van der Waals surface area contributed by atoms with Crippen molar-refractivity contribution in [2.45, 2.75) is 26.2 Å². The molecule has 1 fully saturated rings. The quantitative estimate of drug-likeness (QED) is 0.872. The third-order valence-electron chi connectivity index (χ3n) is 4.44. The fourth-order valence-electron chi connectivity index (χ4n) is 2.66. The fourth-order valence-corrected chi connectivity index (χ4v) is 2.66. The minimum absolute atomic E-state index is 0.0467. The highest BCUT2D eigenvalue weighted by atomic mass is 19.2. The second-order valence-electron chi connectivity index (χ2n) is 5.55. The summed E-state index contributed by atoms with van der Waals surface area (Å²) in [5, 5.41) is 9.44. The standard InChI is InChI=1S/C15H18F3NO2/c1-2-15(9-20)3-5-19(6-4-15)14(21)10-7-12(17)13(18)8-11(10)16/h7-8,20H,2-6,9H2,1H3. The molecular weight excluding hydrogens is 283 g/mol. The van der Waals surface area contributed by atoms with Gasteiger partial charge in [0.1, 0.15) is 5.82 Å². The lowest BCUT2D eigenvalue weighted by molar-refractivity contribution is 0.0335. The van der Waals surface area contributed by atoms with Gasteiger partial charge in [-0.1, -0.05) is 6.92 Å². The van der Waals surface area contributed by atoms with E-state index in [2.05, 4.69) is 0 Å². The molecule has 116 valence electrons. The van der Waals surface area contributed by atoms with Gasteiger partial charge in [-0.25, -0.2) is 13.2 Å². The zero-order valence-corrected chi connectivity index (χ0v) is 11.8. The number of piperidine rings is 1. The Hall–Kier alpha value is -1.56. The highest BCUT2D eigenvalue weighted by molar-refractivity contribution is 5.94. The highest BCUT2D eigenvalue weighted by Crippen LogP contribution is 2.34. The van der Waals surface area contributed by atoms with Gasteiger partial charge in [-0.3, -0.25) is 4.79 Å². The van der Waals surface area contributed by atoms with E-state index < -0.39 is 28.9 Å². The summed E-state index contributed by atoms with van der Waals surface area (Å²) in [6, 6.07) is 0.983. The van der Waals surface area contributed by atoms with Crippen molar-refractivity contribution in [2.75, 3.05) is 19.7 Å². The number of aliphatic hydroxyl groups excluding tert-OH is 1. The number of nitrogens with zero attached hydrogens (tertiary/aromatic N) is 1. The Balaban J connectivity index is 2.14. The number of carbonyl (C=O) groups is 1. The second kappa shape index (κ2) is 6.05. The maximum atomic E-state index is 13.6. The Kier molecular flexibility index (Phi) is 4.56. The van der Waals surface area contributed by atoms with Gasteiger partial charge in [-0.2, -0.15) is 0 Å². The van der Waals surface area contributed by atoms with Crippen LogP contribution >= 0.6 is 0 Å². The molecular formula is C15H18F3NO2. The van der Waals surface area contributed by atoms with Crippen LogP contribution in [0.1, 0.15) is 36.5 Å². The van der Waals surface area contributed by atoms with E-state index >= 15 is 0 Å². The van der Waals surface area contributed by atoms with Crippen molar-refractivity contribution in [3.05, 3.63) is 35.1 Å². The molecule has 6 heteroatoms. The first-order chi connectivity index (χ1) is 9.92. The van der Waals surface area contributed by atoms with Gasteiger partial charge in [0.05, 0.1) is 5.56 Å². The van der Waals surface area contributed by atoms with Crippen molar-refractivity contribution in [3.63, 3.8) is 0 Å². The Morgan fingerprint density at radius 1 is 1.19 bits per heavy atom. The summed E-state index contributed by atoms with van der Waals surface area (Å²) in [5.74, 6) is -4.26. The second-order valence-corrected chi connectivity index (χ2v) is 5.55. The largest absolute Gasteiger partial charge is 0.396 e. The maximum Gasteiger partial charge on any atom is 0.256 e. The summed E-state index contributed by atoms with van der Waals surface area (Å²) < 4.78 is 39.7. The van der Waals surface area contributed by atoms with E-state index in [-0.39, 0.29) is 12.0 Å². The monoisotopic (exact) mass is 301 g/mol. The van der Waals surface area contributed by atoms with Crippen molar-refractivity contribution < 1.29 is 23.1 Å². The van der Waals surface area contributed by atoms with E-state index in [9.17, 15) is 23.1 Å². The summed E-state index contributed by atoms with van der Waals surface area (Å²) >= 11 is 0. The molecule has 0 aliphatic carbocycles. The van der Waals surface area contributed by atoms with Crippen molar-refractivity contribution in [2.24, 2.45) is 5.41 Å². The molecule has 21 heavy (non-hydrogen) atoms. The molecule has 0 unspecified atom stereocenters. The predicted octanol–water partition coefficient (Wildman–Crippen LogP) is 2.73. The van der Waals surface area contributed by atoms with Crippen LogP contribution in [0.4, 0.5) is 13.2 Å². The Labute approximate surface area is 121 Å². The van der Waals surface area contributed by atoms with E-state index in [4.69, 9.17) is 0 Å². The molecule has 1 aromatic rings. The van der Waals surface area contributed by atoms with Crippen LogP contribution in [-0.4, -0.2) is 35.6 Å².